The van der Waals surface area contributed by atoms with E-state index in [1.54, 1.807) is 11.8 Å². The van der Waals surface area contributed by atoms with Gasteiger partial charge in [0.05, 0.1) is 0 Å². The topological polar surface area (TPSA) is 46.0 Å². The van der Waals surface area contributed by atoms with Gasteiger partial charge in [-0.2, -0.15) is 0 Å². The highest BCUT2D eigenvalue weighted by Crippen LogP contribution is 2.23. The maximum absolute atomic E-state index is 8.81. The fourth-order valence-corrected chi connectivity index (χ4v) is 2.79. The number of nitrogens with zero attached hydrogens (tertiary/aromatic N) is 2. The summed E-state index contributed by atoms with van der Waals surface area (Å²) in [4.78, 5) is 9.03. The van der Waals surface area contributed by atoms with E-state index in [9.17, 15) is 0 Å². The van der Waals surface area contributed by atoms with Crippen LogP contribution in [0, 0.1) is 32.6 Å². The van der Waals surface area contributed by atoms with E-state index < -0.39 is 0 Å². The van der Waals surface area contributed by atoms with Crippen LogP contribution in [0.1, 0.15) is 28.1 Å². The Kier molecular flexibility index (Phi) is 5.38. The van der Waals surface area contributed by atoms with Crippen molar-refractivity contribution in [1.29, 1.82) is 0 Å². The molecule has 1 aromatic heterocycles. The van der Waals surface area contributed by atoms with Crippen molar-refractivity contribution in [1.82, 2.24) is 9.97 Å². The van der Waals surface area contributed by atoms with Gasteiger partial charge in [-0.25, -0.2) is 9.97 Å². The van der Waals surface area contributed by atoms with Gasteiger partial charge in [-0.15, -0.1) is 0 Å². The number of aliphatic hydroxyl groups excluding tert-OH is 1. The summed E-state index contributed by atoms with van der Waals surface area (Å²) in [6.07, 6.45) is 0. The number of aryl methyl sites for hydroxylation is 2. The van der Waals surface area contributed by atoms with Crippen LogP contribution in [0.4, 0.5) is 0 Å². The molecule has 2 aromatic rings. The van der Waals surface area contributed by atoms with Gasteiger partial charge < -0.3 is 5.11 Å². The number of thioether (sulfide) groups is 1. The SMILES string of the molecule is Cc1nc(SCc2ccccc2C#CCO)nc(C)c1C. The Bertz CT molecular complexity index is 678. The van der Waals surface area contributed by atoms with Crippen LogP contribution < -0.4 is 0 Å². The van der Waals surface area contributed by atoms with Crippen molar-refractivity contribution >= 4 is 11.8 Å². The largest absolute Gasteiger partial charge is 0.384 e. The number of benzene rings is 1. The van der Waals surface area contributed by atoms with Crippen LogP contribution in [0.5, 0.6) is 0 Å². The van der Waals surface area contributed by atoms with Gasteiger partial charge in [-0.3, -0.25) is 0 Å². The lowest BCUT2D eigenvalue weighted by Gasteiger charge is -2.07. The van der Waals surface area contributed by atoms with Gasteiger partial charge in [0.1, 0.15) is 6.61 Å². The summed E-state index contributed by atoms with van der Waals surface area (Å²) in [5.74, 6) is 6.43. The highest BCUT2D eigenvalue weighted by atomic mass is 32.2. The van der Waals surface area contributed by atoms with Gasteiger partial charge in [0, 0.05) is 22.7 Å². The van der Waals surface area contributed by atoms with Gasteiger partial charge >= 0.3 is 0 Å². The molecule has 0 radical (unpaired) electrons. The number of aromatic nitrogens is 2. The number of hydrogen-bond donors (Lipinski definition) is 1. The molecule has 0 saturated heterocycles. The predicted octanol–water partition coefficient (Wildman–Crippen LogP) is 3.04. The number of hydrogen-bond acceptors (Lipinski definition) is 4. The average Bonchev–Trinajstić information content (AvgIpc) is 2.49. The molecule has 1 aromatic carbocycles. The number of aliphatic hydroxyl groups is 1. The molecule has 0 aliphatic rings. The molecule has 0 atom stereocenters. The summed E-state index contributed by atoms with van der Waals surface area (Å²) >= 11 is 1.61. The van der Waals surface area contributed by atoms with Crippen molar-refractivity contribution in [2.45, 2.75) is 31.7 Å². The molecule has 0 unspecified atom stereocenters. The minimum Gasteiger partial charge on any atom is -0.384 e. The van der Waals surface area contributed by atoms with Crippen LogP contribution in [0.15, 0.2) is 29.4 Å². The molecule has 2 rings (SSSR count). The van der Waals surface area contributed by atoms with Crippen LogP contribution in [0.25, 0.3) is 0 Å². The van der Waals surface area contributed by atoms with Crippen LogP contribution in [-0.4, -0.2) is 21.7 Å². The van der Waals surface area contributed by atoms with E-state index in [1.807, 2.05) is 45.0 Å². The normalized spacial score (nSPS) is 10.1. The molecule has 3 nitrogen and oxygen atoms in total. The van der Waals surface area contributed by atoms with E-state index in [1.165, 1.54) is 0 Å². The molecular formula is C17H18N2OS. The minimum atomic E-state index is -0.124. The molecule has 0 spiro atoms. The van der Waals surface area contributed by atoms with Crippen LogP contribution in [0.3, 0.4) is 0 Å². The molecule has 0 amide bonds. The minimum absolute atomic E-state index is 0.124. The second-order valence-corrected chi connectivity index (χ2v) is 5.65. The highest BCUT2D eigenvalue weighted by Gasteiger charge is 2.06. The molecule has 0 saturated carbocycles. The van der Waals surface area contributed by atoms with E-state index >= 15 is 0 Å². The Hall–Kier alpha value is -1.83. The molecule has 0 bridgehead atoms. The highest BCUT2D eigenvalue weighted by molar-refractivity contribution is 7.98. The summed E-state index contributed by atoms with van der Waals surface area (Å²) in [5.41, 5.74) is 5.27. The van der Waals surface area contributed by atoms with Crippen LogP contribution in [-0.2, 0) is 5.75 Å². The molecule has 108 valence electrons. The molecule has 1 heterocycles. The zero-order valence-corrected chi connectivity index (χ0v) is 13.3. The van der Waals surface area contributed by atoms with Gasteiger partial charge in [0.2, 0.25) is 0 Å². The molecule has 1 N–H and O–H groups in total. The lowest BCUT2D eigenvalue weighted by atomic mass is 10.1. The van der Waals surface area contributed by atoms with Crippen LogP contribution in [0.2, 0.25) is 0 Å². The van der Waals surface area contributed by atoms with Gasteiger partial charge in [0.25, 0.3) is 0 Å². The molecule has 0 aliphatic carbocycles. The van der Waals surface area contributed by atoms with Crippen molar-refractivity contribution in [3.05, 3.63) is 52.3 Å². The first-order valence-corrected chi connectivity index (χ1v) is 7.72. The van der Waals surface area contributed by atoms with E-state index in [2.05, 4.69) is 21.8 Å². The van der Waals surface area contributed by atoms with E-state index in [0.29, 0.717) is 0 Å². The van der Waals surface area contributed by atoms with Crippen molar-refractivity contribution < 1.29 is 5.11 Å². The zero-order chi connectivity index (χ0) is 15.2. The van der Waals surface area contributed by atoms with E-state index in [-0.39, 0.29) is 6.61 Å². The quantitative estimate of drug-likeness (QED) is 0.537. The fourth-order valence-electron chi connectivity index (χ4n) is 1.85. The molecular weight excluding hydrogens is 280 g/mol. The van der Waals surface area contributed by atoms with Gasteiger partial charge in [-0.1, -0.05) is 41.8 Å². The lowest BCUT2D eigenvalue weighted by molar-refractivity contribution is 0.350. The Morgan fingerprint density at radius 1 is 1.10 bits per heavy atom. The van der Waals surface area contributed by atoms with E-state index in [4.69, 9.17) is 5.11 Å². The second kappa shape index (κ2) is 7.26. The average molecular weight is 298 g/mol. The summed E-state index contributed by atoms with van der Waals surface area (Å²) in [5, 5.41) is 9.61. The first-order valence-electron chi connectivity index (χ1n) is 6.74. The predicted molar refractivity (Wildman–Crippen MR) is 86.2 cm³/mol. The van der Waals surface area contributed by atoms with Crippen LogP contribution >= 0.6 is 11.8 Å². The smallest absolute Gasteiger partial charge is 0.188 e. The molecule has 4 heteroatoms. The van der Waals surface area contributed by atoms with Crippen molar-refractivity contribution in [3.8, 4) is 11.8 Å². The number of rotatable bonds is 3. The fraction of sp³-hybridized carbons (Fsp3) is 0.294. The van der Waals surface area contributed by atoms with Gasteiger partial charge in [-0.05, 0) is 38.0 Å². The summed E-state index contributed by atoms with van der Waals surface area (Å²) in [7, 11) is 0. The van der Waals surface area contributed by atoms with Crippen molar-refractivity contribution in [2.24, 2.45) is 0 Å². The third-order valence-electron chi connectivity index (χ3n) is 3.29. The van der Waals surface area contributed by atoms with Crippen molar-refractivity contribution in [2.75, 3.05) is 6.61 Å². The maximum atomic E-state index is 8.81. The Balaban J connectivity index is 2.17. The Morgan fingerprint density at radius 2 is 1.76 bits per heavy atom. The standard InChI is InChI=1S/C17H18N2OS/c1-12-13(2)18-17(19-14(12)3)21-11-16-8-5-4-7-15(16)9-6-10-20/h4-5,7-8,20H,10-11H2,1-3H3. The maximum Gasteiger partial charge on any atom is 0.188 e. The monoisotopic (exact) mass is 298 g/mol. The van der Waals surface area contributed by atoms with Gasteiger partial charge in [0.15, 0.2) is 5.16 Å². The Morgan fingerprint density at radius 3 is 2.43 bits per heavy atom. The van der Waals surface area contributed by atoms with Crippen molar-refractivity contribution in [3.63, 3.8) is 0 Å². The summed E-state index contributed by atoms with van der Waals surface area (Å²) in [6, 6.07) is 7.95. The summed E-state index contributed by atoms with van der Waals surface area (Å²) < 4.78 is 0. The third-order valence-corrected chi connectivity index (χ3v) is 4.18. The molecule has 21 heavy (non-hydrogen) atoms. The summed E-state index contributed by atoms with van der Waals surface area (Å²) in [6.45, 7) is 5.93. The first-order chi connectivity index (χ1) is 10.1. The Labute approximate surface area is 129 Å². The molecule has 0 aliphatic heterocycles. The third kappa shape index (κ3) is 4.07. The lowest BCUT2D eigenvalue weighted by Crippen LogP contribution is -1.98. The molecule has 0 fully saturated rings. The second-order valence-electron chi connectivity index (χ2n) is 4.71. The first kappa shape index (κ1) is 15.6. The van der Waals surface area contributed by atoms with E-state index in [0.717, 1.165) is 39.0 Å². The zero-order valence-electron chi connectivity index (χ0n) is 12.5.